The zero-order valence-corrected chi connectivity index (χ0v) is 15.2. The number of hydrogen-bond acceptors (Lipinski definition) is 4. The second-order valence-corrected chi connectivity index (χ2v) is 9.17. The number of hydrogen-bond donors (Lipinski definition) is 0. The lowest BCUT2D eigenvalue weighted by atomic mass is 10.1. The third-order valence-corrected chi connectivity index (χ3v) is 5.62. The Balaban J connectivity index is 2.26. The van der Waals surface area contributed by atoms with Crippen LogP contribution < -0.4 is 4.90 Å². The van der Waals surface area contributed by atoms with Crippen molar-refractivity contribution in [1.82, 2.24) is 4.98 Å². The van der Waals surface area contributed by atoms with Crippen LogP contribution in [0, 0.1) is 12.8 Å². The number of carbonyl (C=O) groups excluding carboxylic acids is 1. The third-order valence-electron chi connectivity index (χ3n) is 2.98. The minimum atomic E-state index is -3.61. The van der Waals surface area contributed by atoms with E-state index in [-0.39, 0.29) is 24.0 Å². The Bertz CT molecular complexity index is 666. The topological polar surface area (TPSA) is 67.3 Å². The summed E-state index contributed by atoms with van der Waals surface area (Å²) in [6.45, 7) is 2.12. The summed E-state index contributed by atoms with van der Waals surface area (Å²) >= 11 is 6.73. The van der Waals surface area contributed by atoms with Gasteiger partial charge in [-0.15, -0.1) is 0 Å². The van der Waals surface area contributed by atoms with E-state index in [0.29, 0.717) is 16.8 Å². The highest BCUT2D eigenvalue weighted by Gasteiger charge is 2.34. The van der Waals surface area contributed by atoms with Crippen LogP contribution in [0.25, 0.3) is 0 Å². The van der Waals surface area contributed by atoms with Crippen LogP contribution >= 0.6 is 42.5 Å². The molecule has 0 radical (unpaired) electrons. The predicted molar refractivity (Wildman–Crippen MR) is 84.5 cm³/mol. The minimum Gasteiger partial charge on any atom is -0.296 e. The van der Waals surface area contributed by atoms with E-state index in [2.05, 4.69) is 36.8 Å². The second kappa shape index (κ2) is 5.90. The molecule has 1 aliphatic rings. The normalized spacial score (nSPS) is 19.7. The number of carbonyl (C=O) groups is 1. The molecule has 1 aromatic rings. The molecule has 0 aromatic carbocycles. The van der Waals surface area contributed by atoms with E-state index in [4.69, 9.17) is 10.7 Å². The lowest BCUT2D eigenvalue weighted by molar-refractivity contribution is -0.117. The Morgan fingerprint density at radius 3 is 2.70 bits per heavy atom. The van der Waals surface area contributed by atoms with Crippen molar-refractivity contribution in [3.8, 4) is 0 Å². The van der Waals surface area contributed by atoms with Gasteiger partial charge in [0, 0.05) is 34.0 Å². The standard InChI is InChI=1S/C11H11Br2ClN2O3S/c1-6-8(12)3-9(13)11(15-6)16-4-7(2-10(16)17)5-20(14,18)19/h3,7H,2,4-5H2,1H3. The molecule has 0 aliphatic carbocycles. The number of halogens is 3. The van der Waals surface area contributed by atoms with Crippen molar-refractivity contribution in [3.63, 3.8) is 0 Å². The number of pyridine rings is 1. The lowest BCUT2D eigenvalue weighted by Gasteiger charge is -2.18. The summed E-state index contributed by atoms with van der Waals surface area (Å²) in [5.74, 6) is -0.151. The first-order chi connectivity index (χ1) is 9.17. The van der Waals surface area contributed by atoms with Gasteiger partial charge in [0.15, 0.2) is 0 Å². The van der Waals surface area contributed by atoms with E-state index >= 15 is 0 Å². The summed E-state index contributed by atoms with van der Waals surface area (Å²) in [5.41, 5.74) is 0.754. The van der Waals surface area contributed by atoms with E-state index in [0.717, 1.165) is 10.2 Å². The van der Waals surface area contributed by atoms with Crippen molar-refractivity contribution < 1.29 is 13.2 Å². The molecule has 1 amide bonds. The van der Waals surface area contributed by atoms with Crippen LogP contribution in [-0.2, 0) is 13.8 Å². The van der Waals surface area contributed by atoms with E-state index in [1.165, 1.54) is 4.90 Å². The zero-order valence-electron chi connectivity index (χ0n) is 10.4. The fraction of sp³-hybridized carbons (Fsp3) is 0.455. The van der Waals surface area contributed by atoms with Gasteiger partial charge in [0.05, 0.1) is 15.9 Å². The SMILES string of the molecule is Cc1nc(N2CC(CS(=O)(=O)Cl)CC2=O)c(Br)cc1Br. The molecule has 1 fully saturated rings. The first kappa shape index (κ1) is 16.2. The van der Waals surface area contributed by atoms with Crippen molar-refractivity contribution in [2.24, 2.45) is 5.92 Å². The zero-order chi connectivity index (χ0) is 15.1. The summed E-state index contributed by atoms with van der Waals surface area (Å²) < 4.78 is 23.7. The van der Waals surface area contributed by atoms with Gasteiger partial charge in [-0.25, -0.2) is 13.4 Å². The largest absolute Gasteiger partial charge is 0.296 e. The maximum absolute atomic E-state index is 12.0. The molecule has 1 unspecified atom stereocenters. The first-order valence-corrected chi connectivity index (χ1v) is 9.79. The van der Waals surface area contributed by atoms with Gasteiger partial charge in [0.2, 0.25) is 15.0 Å². The smallest absolute Gasteiger partial charge is 0.232 e. The molecule has 1 saturated heterocycles. The maximum atomic E-state index is 12.0. The Kier molecular flexibility index (Phi) is 4.78. The summed E-state index contributed by atoms with van der Waals surface area (Å²) in [5, 5.41) is 0. The van der Waals surface area contributed by atoms with Gasteiger partial charge in [-0.3, -0.25) is 9.69 Å². The number of aromatic nitrogens is 1. The van der Waals surface area contributed by atoms with Gasteiger partial charge in [-0.2, -0.15) is 0 Å². The van der Waals surface area contributed by atoms with Crippen LogP contribution in [0.5, 0.6) is 0 Å². The average molecular weight is 447 g/mol. The molecule has 5 nitrogen and oxygen atoms in total. The van der Waals surface area contributed by atoms with Crippen LogP contribution in [-0.4, -0.2) is 31.6 Å². The summed E-state index contributed by atoms with van der Waals surface area (Å²) in [6, 6.07) is 1.82. The highest BCUT2D eigenvalue weighted by molar-refractivity contribution is 9.11. The number of rotatable bonds is 3. The molecule has 2 rings (SSSR count). The Morgan fingerprint density at radius 2 is 2.10 bits per heavy atom. The molecule has 1 aliphatic heterocycles. The third kappa shape index (κ3) is 3.72. The molecule has 20 heavy (non-hydrogen) atoms. The molecule has 0 bridgehead atoms. The van der Waals surface area contributed by atoms with Crippen molar-refractivity contribution in [2.75, 3.05) is 17.2 Å². The van der Waals surface area contributed by atoms with Gasteiger partial charge in [-0.1, -0.05) is 0 Å². The van der Waals surface area contributed by atoms with E-state index in [1.807, 2.05) is 13.0 Å². The minimum absolute atomic E-state index is 0.148. The van der Waals surface area contributed by atoms with Crippen molar-refractivity contribution in [1.29, 1.82) is 0 Å². The number of anilines is 1. The van der Waals surface area contributed by atoms with Crippen molar-refractivity contribution >= 4 is 63.3 Å². The van der Waals surface area contributed by atoms with Crippen LogP contribution in [0.4, 0.5) is 5.82 Å². The second-order valence-electron chi connectivity index (χ2n) is 4.64. The molecule has 2 heterocycles. The van der Waals surface area contributed by atoms with Gasteiger partial charge in [0.25, 0.3) is 0 Å². The quantitative estimate of drug-likeness (QED) is 0.670. The Hall–Kier alpha value is -0.180. The summed E-state index contributed by atoms with van der Waals surface area (Å²) in [6.07, 6.45) is 0.162. The molecule has 110 valence electrons. The predicted octanol–water partition coefficient (Wildman–Crippen LogP) is 2.84. The molecule has 1 atom stereocenters. The van der Waals surface area contributed by atoms with Crippen LogP contribution in [0.2, 0.25) is 0 Å². The highest BCUT2D eigenvalue weighted by Crippen LogP contribution is 2.33. The molecule has 1 aromatic heterocycles. The summed E-state index contributed by atoms with van der Waals surface area (Å²) in [4.78, 5) is 17.9. The maximum Gasteiger partial charge on any atom is 0.232 e. The van der Waals surface area contributed by atoms with Crippen molar-refractivity contribution in [3.05, 3.63) is 20.7 Å². The fourth-order valence-electron chi connectivity index (χ4n) is 2.11. The molecular weight excluding hydrogens is 435 g/mol. The fourth-order valence-corrected chi connectivity index (χ4v) is 4.59. The average Bonchev–Trinajstić information content (AvgIpc) is 2.62. The molecule has 0 spiro atoms. The summed E-state index contributed by atoms with van der Waals surface area (Å²) in [7, 11) is 1.64. The van der Waals surface area contributed by atoms with E-state index in [9.17, 15) is 13.2 Å². The number of aryl methyl sites for hydroxylation is 1. The van der Waals surface area contributed by atoms with Gasteiger partial charge in [0.1, 0.15) is 5.82 Å². The van der Waals surface area contributed by atoms with E-state index in [1.54, 1.807) is 0 Å². The molecule has 9 heteroatoms. The van der Waals surface area contributed by atoms with Gasteiger partial charge >= 0.3 is 0 Å². The Labute approximate surface area is 138 Å². The van der Waals surface area contributed by atoms with Gasteiger partial charge in [-0.05, 0) is 44.8 Å². The Morgan fingerprint density at radius 1 is 1.45 bits per heavy atom. The monoisotopic (exact) mass is 444 g/mol. The van der Waals surface area contributed by atoms with Crippen LogP contribution in [0.15, 0.2) is 15.0 Å². The van der Waals surface area contributed by atoms with E-state index < -0.39 is 9.05 Å². The number of amides is 1. The molecule has 0 N–H and O–H groups in total. The van der Waals surface area contributed by atoms with Crippen molar-refractivity contribution in [2.45, 2.75) is 13.3 Å². The molecule has 0 saturated carbocycles. The number of nitrogens with zero attached hydrogens (tertiary/aromatic N) is 2. The van der Waals surface area contributed by atoms with Gasteiger partial charge < -0.3 is 0 Å². The lowest BCUT2D eigenvalue weighted by Crippen LogP contribution is -2.27. The van der Waals surface area contributed by atoms with Crippen LogP contribution in [0.3, 0.4) is 0 Å². The highest BCUT2D eigenvalue weighted by atomic mass is 79.9. The van der Waals surface area contributed by atoms with Crippen LogP contribution in [0.1, 0.15) is 12.1 Å². The molecular formula is C11H11Br2ClN2O3S. The first-order valence-electron chi connectivity index (χ1n) is 5.72.